The van der Waals surface area contributed by atoms with E-state index in [1.165, 1.54) is 9.78 Å². The summed E-state index contributed by atoms with van der Waals surface area (Å²) in [5, 5.41) is 2.07. The second-order valence-electron chi connectivity index (χ2n) is 7.33. The molecule has 1 aliphatic rings. The summed E-state index contributed by atoms with van der Waals surface area (Å²) in [6.07, 6.45) is 0. The Morgan fingerprint density at radius 2 is 1.73 bits per heavy atom. The minimum Gasteiger partial charge on any atom is -0.328 e. The van der Waals surface area contributed by atoms with Gasteiger partial charge in [-0.3, -0.25) is 0 Å². The fourth-order valence-electron chi connectivity index (χ4n) is 3.68. The fraction of sp³-hybridized carbons (Fsp3) is 0.474. The minimum atomic E-state index is -3.53. The van der Waals surface area contributed by atoms with Crippen LogP contribution in [0.1, 0.15) is 23.4 Å². The first-order valence-electron chi connectivity index (χ1n) is 9.15. The van der Waals surface area contributed by atoms with Crippen LogP contribution < -0.4 is 14.5 Å². The summed E-state index contributed by atoms with van der Waals surface area (Å²) in [6.45, 7) is 8.31. The van der Waals surface area contributed by atoms with Crippen molar-refractivity contribution in [2.75, 3.05) is 33.2 Å². The topological polar surface area (TPSA) is 55.0 Å². The van der Waals surface area contributed by atoms with Gasteiger partial charge in [0.25, 0.3) is 0 Å². The molecule has 26 heavy (non-hydrogen) atoms. The molecule has 1 saturated heterocycles. The number of aryl methyl sites for hydroxylation is 1. The van der Waals surface area contributed by atoms with E-state index in [0.717, 1.165) is 31.7 Å². The van der Waals surface area contributed by atoms with Gasteiger partial charge in [0.15, 0.2) is 0 Å². The lowest BCUT2D eigenvalue weighted by atomic mass is 10.1. The summed E-state index contributed by atoms with van der Waals surface area (Å²) < 4.78 is 28.6. The van der Waals surface area contributed by atoms with Crippen LogP contribution in [0.3, 0.4) is 0 Å². The van der Waals surface area contributed by atoms with Crippen LogP contribution in [0.15, 0.2) is 46.7 Å². The molecule has 0 saturated carbocycles. The SMILES string of the molecule is Cc1ccc(S(=O)(=O)N[C@@H](C)[C@H](c2cccs2)[NH+]2CC[NH+](C)CC2)cc1. The van der Waals surface area contributed by atoms with Crippen LogP contribution in [0.5, 0.6) is 0 Å². The number of likely N-dealkylation sites (N-methyl/N-ethyl adjacent to an activating group) is 1. The van der Waals surface area contributed by atoms with Gasteiger partial charge in [-0.15, -0.1) is 11.3 Å². The Hall–Kier alpha value is -1.25. The van der Waals surface area contributed by atoms with Crippen LogP contribution in [0.4, 0.5) is 0 Å². The van der Waals surface area contributed by atoms with Gasteiger partial charge in [0.2, 0.25) is 10.0 Å². The van der Waals surface area contributed by atoms with Crippen molar-refractivity contribution in [3.8, 4) is 0 Å². The molecule has 1 fully saturated rings. The minimum absolute atomic E-state index is 0.142. The van der Waals surface area contributed by atoms with Crippen LogP contribution in [0.2, 0.25) is 0 Å². The van der Waals surface area contributed by atoms with E-state index in [4.69, 9.17) is 0 Å². The molecule has 5 nitrogen and oxygen atoms in total. The predicted molar refractivity (Wildman–Crippen MR) is 105 cm³/mol. The first kappa shape index (κ1) is 19.5. The van der Waals surface area contributed by atoms with Gasteiger partial charge < -0.3 is 9.80 Å². The molecule has 2 heterocycles. The highest BCUT2D eigenvalue weighted by Crippen LogP contribution is 2.21. The molecule has 2 aromatic rings. The third-order valence-corrected chi connectivity index (χ3v) is 7.74. The van der Waals surface area contributed by atoms with Crippen LogP contribution in [-0.4, -0.2) is 47.7 Å². The maximum Gasteiger partial charge on any atom is 0.241 e. The van der Waals surface area contributed by atoms with E-state index >= 15 is 0 Å². The largest absolute Gasteiger partial charge is 0.328 e. The van der Waals surface area contributed by atoms with Gasteiger partial charge in [-0.25, -0.2) is 13.1 Å². The van der Waals surface area contributed by atoms with Gasteiger partial charge in [-0.05, 0) is 37.4 Å². The van der Waals surface area contributed by atoms with Gasteiger partial charge in [-0.2, -0.15) is 0 Å². The lowest BCUT2D eigenvalue weighted by molar-refractivity contribution is -1.02. The molecule has 0 amide bonds. The first-order valence-corrected chi connectivity index (χ1v) is 11.5. The maximum atomic E-state index is 12.8. The zero-order valence-electron chi connectivity index (χ0n) is 15.7. The number of benzene rings is 1. The summed E-state index contributed by atoms with van der Waals surface area (Å²) in [7, 11) is -1.30. The second-order valence-corrected chi connectivity index (χ2v) is 10.0. The van der Waals surface area contributed by atoms with Crippen molar-refractivity contribution in [3.05, 3.63) is 52.2 Å². The number of thiophene rings is 1. The summed E-state index contributed by atoms with van der Waals surface area (Å²) >= 11 is 1.72. The summed E-state index contributed by atoms with van der Waals surface area (Å²) in [4.78, 5) is 4.60. The molecule has 0 spiro atoms. The Bertz CT molecular complexity index is 796. The van der Waals surface area contributed by atoms with Gasteiger partial charge in [-0.1, -0.05) is 23.8 Å². The smallest absolute Gasteiger partial charge is 0.241 e. The van der Waals surface area contributed by atoms with Crippen molar-refractivity contribution in [3.63, 3.8) is 0 Å². The lowest BCUT2D eigenvalue weighted by Crippen LogP contribution is -3.27. The van der Waals surface area contributed by atoms with Gasteiger partial charge in [0.1, 0.15) is 32.2 Å². The summed E-state index contributed by atoms with van der Waals surface area (Å²) in [5.41, 5.74) is 1.05. The summed E-state index contributed by atoms with van der Waals surface area (Å²) in [5.74, 6) is 0. The molecule has 0 radical (unpaired) electrons. The average Bonchev–Trinajstić information content (AvgIpc) is 3.11. The van der Waals surface area contributed by atoms with Crippen LogP contribution >= 0.6 is 11.3 Å². The van der Waals surface area contributed by atoms with E-state index in [1.807, 2.05) is 26.0 Å². The normalized spacial score (nSPS) is 23.5. The molecule has 142 valence electrons. The number of hydrogen-bond acceptors (Lipinski definition) is 3. The van der Waals surface area contributed by atoms with E-state index in [1.54, 1.807) is 28.4 Å². The molecule has 2 atom stereocenters. The van der Waals surface area contributed by atoms with E-state index in [0.29, 0.717) is 4.90 Å². The first-order chi connectivity index (χ1) is 12.4. The molecule has 3 N–H and O–H groups in total. The number of nitrogens with one attached hydrogen (secondary N) is 3. The molecule has 1 aliphatic heterocycles. The molecular weight excluding hydrogens is 366 g/mol. The van der Waals surface area contributed by atoms with Gasteiger partial charge in [0.05, 0.1) is 22.9 Å². The Morgan fingerprint density at radius 1 is 1.08 bits per heavy atom. The molecule has 1 aromatic carbocycles. The molecular formula is C19H29N3O2S2+2. The van der Waals surface area contributed by atoms with Crippen LogP contribution in [0, 0.1) is 6.92 Å². The highest BCUT2D eigenvalue weighted by molar-refractivity contribution is 7.89. The Morgan fingerprint density at radius 3 is 2.31 bits per heavy atom. The van der Waals surface area contributed by atoms with Gasteiger partial charge in [0, 0.05) is 0 Å². The number of sulfonamides is 1. The van der Waals surface area contributed by atoms with Crippen molar-refractivity contribution in [2.24, 2.45) is 0 Å². The Balaban J connectivity index is 1.81. The van der Waals surface area contributed by atoms with Crippen molar-refractivity contribution in [2.45, 2.75) is 30.8 Å². The van der Waals surface area contributed by atoms with Crippen molar-refractivity contribution >= 4 is 21.4 Å². The summed E-state index contributed by atoms with van der Waals surface area (Å²) in [6, 6.07) is 11.2. The zero-order chi connectivity index (χ0) is 18.7. The van der Waals surface area contributed by atoms with E-state index in [-0.39, 0.29) is 12.1 Å². The fourth-order valence-corrected chi connectivity index (χ4v) is 5.92. The molecule has 0 unspecified atom stereocenters. The Labute approximate surface area is 160 Å². The third kappa shape index (κ3) is 4.53. The second kappa shape index (κ2) is 8.19. The number of rotatable bonds is 6. The lowest BCUT2D eigenvalue weighted by Gasteiger charge is -2.35. The van der Waals surface area contributed by atoms with Gasteiger partial charge >= 0.3 is 0 Å². The van der Waals surface area contributed by atoms with Crippen LogP contribution in [0.25, 0.3) is 0 Å². The van der Waals surface area contributed by atoms with Crippen molar-refractivity contribution in [1.29, 1.82) is 0 Å². The molecule has 0 bridgehead atoms. The standard InChI is InChI=1S/C19H27N3O2S2/c1-15-6-8-17(9-7-15)26(23,24)20-16(2)19(18-5-4-14-25-18)22-12-10-21(3)11-13-22/h4-9,14,16,19-20H,10-13H2,1-3H3/p+2/t16-,19+/m0/s1. The number of piperazine rings is 1. The average molecular weight is 396 g/mol. The monoisotopic (exact) mass is 395 g/mol. The van der Waals surface area contributed by atoms with E-state index in [2.05, 4.69) is 29.3 Å². The predicted octanol–water partition coefficient (Wildman–Crippen LogP) is -0.122. The van der Waals surface area contributed by atoms with Crippen molar-refractivity contribution < 1.29 is 18.2 Å². The zero-order valence-corrected chi connectivity index (χ0v) is 17.3. The van der Waals surface area contributed by atoms with Crippen molar-refractivity contribution in [1.82, 2.24) is 4.72 Å². The maximum absolute atomic E-state index is 12.8. The number of hydrogen-bond donors (Lipinski definition) is 3. The quantitative estimate of drug-likeness (QED) is 0.639. The number of quaternary nitrogens is 2. The van der Waals surface area contributed by atoms with E-state index < -0.39 is 10.0 Å². The highest BCUT2D eigenvalue weighted by Gasteiger charge is 2.36. The third-order valence-electron chi connectivity index (χ3n) is 5.21. The molecule has 3 rings (SSSR count). The highest BCUT2D eigenvalue weighted by atomic mass is 32.2. The van der Waals surface area contributed by atoms with Crippen LogP contribution in [-0.2, 0) is 10.0 Å². The molecule has 1 aromatic heterocycles. The molecule has 0 aliphatic carbocycles. The Kier molecular flexibility index (Phi) is 6.14. The van der Waals surface area contributed by atoms with E-state index in [9.17, 15) is 8.42 Å². The molecule has 7 heteroatoms.